The van der Waals surface area contributed by atoms with E-state index in [4.69, 9.17) is 9.47 Å². The van der Waals surface area contributed by atoms with Gasteiger partial charge in [0.05, 0.1) is 27.0 Å². The van der Waals surface area contributed by atoms with Gasteiger partial charge in [-0.1, -0.05) is 6.08 Å². The molecule has 4 rings (SSSR count). The first-order chi connectivity index (χ1) is 15.8. The second-order valence-corrected chi connectivity index (χ2v) is 7.64. The molecule has 1 fully saturated rings. The Morgan fingerprint density at radius 3 is 2.00 bits per heavy atom. The van der Waals surface area contributed by atoms with Gasteiger partial charge in [-0.3, -0.25) is 25.1 Å². The van der Waals surface area contributed by atoms with Crippen molar-refractivity contribution in [2.45, 2.75) is 18.6 Å². The van der Waals surface area contributed by atoms with Gasteiger partial charge in [0.1, 0.15) is 12.7 Å². The molecule has 2 atom stereocenters. The van der Waals surface area contributed by atoms with E-state index >= 15 is 0 Å². The van der Waals surface area contributed by atoms with Crippen molar-refractivity contribution in [2.24, 2.45) is 0 Å². The molecule has 11 heteroatoms. The fourth-order valence-corrected chi connectivity index (χ4v) is 4.00. The highest BCUT2D eigenvalue weighted by Crippen LogP contribution is 2.32. The Bertz CT molecular complexity index is 1130. The number of benzene rings is 2. The molecule has 0 saturated carbocycles. The maximum absolute atomic E-state index is 12.5. The minimum absolute atomic E-state index is 0.00255. The predicted octanol–water partition coefficient (Wildman–Crippen LogP) is 2.90. The molecule has 2 aromatic carbocycles. The molecule has 2 aliphatic rings. The molecular formula is C22H19N3O8. The number of hydrogen-bond acceptors (Lipinski definition) is 9. The summed E-state index contributed by atoms with van der Waals surface area (Å²) in [6.07, 6.45) is 2.09. The summed E-state index contributed by atoms with van der Waals surface area (Å²) >= 11 is 0. The van der Waals surface area contributed by atoms with Crippen molar-refractivity contribution < 1.29 is 28.9 Å². The van der Waals surface area contributed by atoms with Gasteiger partial charge in [0.15, 0.2) is 0 Å². The third-order valence-electron chi connectivity index (χ3n) is 5.67. The second-order valence-electron chi connectivity index (χ2n) is 7.64. The highest BCUT2D eigenvalue weighted by Gasteiger charge is 2.42. The van der Waals surface area contributed by atoms with Crippen LogP contribution in [0.15, 0.2) is 60.2 Å². The Labute approximate surface area is 187 Å². The number of non-ortho nitro benzene ring substituents is 2. The maximum Gasteiger partial charge on any atom is 0.338 e. The van der Waals surface area contributed by atoms with Gasteiger partial charge in [0.2, 0.25) is 0 Å². The van der Waals surface area contributed by atoms with Crippen LogP contribution in [0.3, 0.4) is 0 Å². The molecule has 2 aromatic rings. The standard InChI is InChI=1S/C22H19N3O8/c26-21(14-1-5-17(6-2-14)24(28)29)32-13-16-9-11-23-12-10-19(20(16)23)33-22(27)15-3-7-18(8-4-15)25(30)31/h1-9,19-20H,10-13H2/t19-,20-/m1/s1. The van der Waals surface area contributed by atoms with Crippen LogP contribution in [0.5, 0.6) is 0 Å². The molecule has 0 N–H and O–H groups in total. The number of ether oxygens (including phenoxy) is 2. The van der Waals surface area contributed by atoms with Crippen LogP contribution in [0.4, 0.5) is 11.4 Å². The van der Waals surface area contributed by atoms with E-state index in [9.17, 15) is 29.8 Å². The first-order valence-electron chi connectivity index (χ1n) is 10.1. The first kappa shape index (κ1) is 22.1. The summed E-state index contributed by atoms with van der Waals surface area (Å²) in [6, 6.07) is 10.1. The molecule has 1 saturated heterocycles. The van der Waals surface area contributed by atoms with Gasteiger partial charge >= 0.3 is 11.9 Å². The maximum atomic E-state index is 12.5. The Morgan fingerprint density at radius 1 is 0.909 bits per heavy atom. The highest BCUT2D eigenvalue weighted by molar-refractivity contribution is 5.90. The molecule has 2 aliphatic heterocycles. The van der Waals surface area contributed by atoms with Gasteiger partial charge in [-0.25, -0.2) is 9.59 Å². The molecule has 11 nitrogen and oxygen atoms in total. The number of esters is 2. The van der Waals surface area contributed by atoms with Gasteiger partial charge < -0.3 is 9.47 Å². The number of fused-ring (bicyclic) bond motifs is 1. The summed E-state index contributed by atoms with van der Waals surface area (Å²) in [4.78, 5) is 47.4. The highest BCUT2D eigenvalue weighted by atomic mass is 16.6. The SMILES string of the molecule is O=C(OCC1=CCN2CC[C@@H](OC(=O)c3ccc([N+](=O)[O-])cc3)[C@@H]12)c1ccc([N+](=O)[O-])cc1. The third kappa shape index (κ3) is 4.72. The lowest BCUT2D eigenvalue weighted by Crippen LogP contribution is -2.36. The normalized spacial score (nSPS) is 19.5. The van der Waals surface area contributed by atoms with Crippen LogP contribution in [0, 0.1) is 20.2 Å². The van der Waals surface area contributed by atoms with Crippen LogP contribution in [-0.4, -0.2) is 58.5 Å². The fourth-order valence-electron chi connectivity index (χ4n) is 4.00. The number of carbonyl (C=O) groups is 2. The Balaban J connectivity index is 1.36. The van der Waals surface area contributed by atoms with E-state index in [0.717, 1.165) is 5.57 Å². The van der Waals surface area contributed by atoms with E-state index < -0.39 is 27.9 Å². The summed E-state index contributed by atoms with van der Waals surface area (Å²) in [7, 11) is 0. The van der Waals surface area contributed by atoms with Gasteiger partial charge in [-0.15, -0.1) is 0 Å². The third-order valence-corrected chi connectivity index (χ3v) is 5.67. The minimum Gasteiger partial charge on any atom is -0.458 e. The zero-order chi connectivity index (χ0) is 23.5. The van der Waals surface area contributed by atoms with Crippen molar-refractivity contribution in [1.82, 2.24) is 4.90 Å². The van der Waals surface area contributed by atoms with Gasteiger partial charge in [-0.2, -0.15) is 0 Å². The molecule has 0 aromatic heterocycles. The van der Waals surface area contributed by atoms with E-state index in [1.165, 1.54) is 48.5 Å². The molecule has 0 aliphatic carbocycles. The average Bonchev–Trinajstić information content (AvgIpc) is 3.40. The summed E-state index contributed by atoms with van der Waals surface area (Å²) in [5.41, 5.74) is 0.985. The summed E-state index contributed by atoms with van der Waals surface area (Å²) in [5.74, 6) is -1.19. The van der Waals surface area contributed by atoms with Crippen molar-refractivity contribution in [3.05, 3.63) is 91.5 Å². The van der Waals surface area contributed by atoms with Crippen LogP contribution in [0.1, 0.15) is 27.1 Å². The van der Waals surface area contributed by atoms with Crippen molar-refractivity contribution >= 4 is 23.3 Å². The fraction of sp³-hybridized carbons (Fsp3) is 0.273. The topological polar surface area (TPSA) is 142 Å². The number of nitrogens with zero attached hydrogens (tertiary/aromatic N) is 3. The summed E-state index contributed by atoms with van der Waals surface area (Å²) in [5, 5.41) is 21.5. The van der Waals surface area contributed by atoms with Crippen LogP contribution in [0.25, 0.3) is 0 Å². The molecule has 0 spiro atoms. The number of carbonyl (C=O) groups excluding carboxylic acids is 2. The van der Waals surface area contributed by atoms with E-state index in [2.05, 4.69) is 4.90 Å². The predicted molar refractivity (Wildman–Crippen MR) is 114 cm³/mol. The number of nitro groups is 2. The monoisotopic (exact) mass is 453 g/mol. The van der Waals surface area contributed by atoms with Crippen LogP contribution >= 0.6 is 0 Å². The number of hydrogen-bond donors (Lipinski definition) is 0. The lowest BCUT2D eigenvalue weighted by molar-refractivity contribution is -0.385. The van der Waals surface area contributed by atoms with Crippen LogP contribution in [-0.2, 0) is 9.47 Å². The van der Waals surface area contributed by atoms with Crippen molar-refractivity contribution in [3.63, 3.8) is 0 Å². The van der Waals surface area contributed by atoms with Gasteiger partial charge in [0, 0.05) is 37.4 Å². The number of rotatable bonds is 7. The van der Waals surface area contributed by atoms with E-state index in [1.807, 2.05) is 6.08 Å². The zero-order valence-corrected chi connectivity index (χ0v) is 17.3. The molecule has 2 heterocycles. The molecule has 0 radical (unpaired) electrons. The van der Waals surface area contributed by atoms with E-state index in [1.54, 1.807) is 0 Å². The summed E-state index contributed by atoms with van der Waals surface area (Å²) < 4.78 is 11.1. The lowest BCUT2D eigenvalue weighted by Gasteiger charge is -2.24. The Hall–Kier alpha value is -4.12. The quantitative estimate of drug-likeness (QED) is 0.268. The van der Waals surface area contributed by atoms with E-state index in [-0.39, 0.29) is 35.2 Å². The molecule has 33 heavy (non-hydrogen) atoms. The van der Waals surface area contributed by atoms with Crippen molar-refractivity contribution in [1.29, 1.82) is 0 Å². The minimum atomic E-state index is -0.610. The van der Waals surface area contributed by atoms with Crippen LogP contribution in [0.2, 0.25) is 0 Å². The van der Waals surface area contributed by atoms with Gasteiger partial charge in [0.25, 0.3) is 11.4 Å². The lowest BCUT2D eigenvalue weighted by atomic mass is 10.0. The van der Waals surface area contributed by atoms with Gasteiger partial charge in [-0.05, 0) is 36.3 Å². The second kappa shape index (κ2) is 9.17. The summed E-state index contributed by atoms with van der Waals surface area (Å²) in [6.45, 7) is 1.35. The Morgan fingerprint density at radius 2 is 1.45 bits per heavy atom. The van der Waals surface area contributed by atoms with Crippen LogP contribution < -0.4 is 0 Å². The molecule has 0 bridgehead atoms. The largest absolute Gasteiger partial charge is 0.458 e. The average molecular weight is 453 g/mol. The van der Waals surface area contributed by atoms with E-state index in [0.29, 0.717) is 19.5 Å². The van der Waals surface area contributed by atoms with Crippen molar-refractivity contribution in [3.8, 4) is 0 Å². The van der Waals surface area contributed by atoms with Crippen molar-refractivity contribution in [2.75, 3.05) is 19.7 Å². The molecular weight excluding hydrogens is 434 g/mol. The first-order valence-corrected chi connectivity index (χ1v) is 10.1. The molecule has 0 unspecified atom stereocenters. The smallest absolute Gasteiger partial charge is 0.338 e. The molecule has 0 amide bonds. The number of nitro benzene ring substituents is 2. The Kier molecular flexibility index (Phi) is 6.13. The zero-order valence-electron chi connectivity index (χ0n) is 17.3. The molecule has 170 valence electrons.